The predicted molar refractivity (Wildman–Crippen MR) is 84.1 cm³/mol. The van der Waals surface area contributed by atoms with Gasteiger partial charge in [0.1, 0.15) is 11.6 Å². The van der Waals surface area contributed by atoms with Gasteiger partial charge in [-0.2, -0.15) is 0 Å². The third-order valence-electron chi connectivity index (χ3n) is 4.92. The molecule has 1 aliphatic carbocycles. The molecule has 0 spiro atoms. The van der Waals surface area contributed by atoms with E-state index in [0.29, 0.717) is 18.8 Å². The number of hydrogen-bond acceptors (Lipinski definition) is 4. The highest BCUT2D eigenvalue weighted by Crippen LogP contribution is 2.25. The Kier molecular flexibility index (Phi) is 4.82. The number of hydrogen-bond donors (Lipinski definition) is 1. The summed E-state index contributed by atoms with van der Waals surface area (Å²) in [4.78, 5) is 16.4. The van der Waals surface area contributed by atoms with Gasteiger partial charge in [0, 0.05) is 38.3 Å². The Balaban J connectivity index is 1.62. The van der Waals surface area contributed by atoms with Gasteiger partial charge < -0.3 is 14.7 Å². The van der Waals surface area contributed by atoms with Crippen LogP contribution >= 0.6 is 0 Å². The zero-order valence-corrected chi connectivity index (χ0v) is 13.4. The van der Waals surface area contributed by atoms with Crippen LogP contribution in [0.3, 0.4) is 0 Å². The molecule has 1 aliphatic heterocycles. The molecule has 6 heteroatoms. The molecular weight excluding hydrogens is 299 g/mol. The molecule has 2 aliphatic rings. The van der Waals surface area contributed by atoms with E-state index in [1.54, 1.807) is 11.0 Å². The molecule has 3 rings (SSSR count). The van der Waals surface area contributed by atoms with Crippen LogP contribution in [-0.4, -0.2) is 66.2 Å². The Morgan fingerprint density at radius 1 is 1.26 bits per heavy atom. The number of rotatable bonds is 3. The average Bonchev–Trinajstić information content (AvgIpc) is 3.00. The molecule has 126 valence electrons. The molecule has 1 amide bonds. The first-order valence-electron chi connectivity index (χ1n) is 8.15. The number of aliphatic hydroxyl groups is 1. The SMILES string of the molecule is COc1ccc(C(=O)N2CCN(C3CCCC3O)CC2)c(F)c1. The lowest BCUT2D eigenvalue weighted by Gasteiger charge is -2.39. The van der Waals surface area contributed by atoms with E-state index in [1.807, 2.05) is 0 Å². The van der Waals surface area contributed by atoms with E-state index in [1.165, 1.54) is 19.2 Å². The summed E-state index contributed by atoms with van der Waals surface area (Å²) in [6, 6.07) is 4.52. The van der Waals surface area contributed by atoms with Gasteiger partial charge in [0.05, 0.1) is 18.8 Å². The van der Waals surface area contributed by atoms with Crippen LogP contribution in [0.15, 0.2) is 18.2 Å². The molecule has 0 bridgehead atoms. The summed E-state index contributed by atoms with van der Waals surface area (Å²) in [7, 11) is 1.47. The van der Waals surface area contributed by atoms with E-state index in [2.05, 4.69) is 4.90 Å². The Hall–Kier alpha value is -1.66. The predicted octanol–water partition coefficient (Wildman–Crippen LogP) is 1.51. The third-order valence-corrected chi connectivity index (χ3v) is 4.92. The van der Waals surface area contributed by atoms with Gasteiger partial charge in [-0.1, -0.05) is 0 Å². The number of piperazine rings is 1. The second-order valence-electron chi connectivity index (χ2n) is 6.24. The van der Waals surface area contributed by atoms with E-state index in [0.717, 1.165) is 32.4 Å². The fraction of sp³-hybridized carbons (Fsp3) is 0.588. The Labute approximate surface area is 135 Å². The quantitative estimate of drug-likeness (QED) is 0.916. The number of carbonyl (C=O) groups excluding carboxylic acids is 1. The molecule has 0 aromatic heterocycles. The maximum absolute atomic E-state index is 14.0. The zero-order chi connectivity index (χ0) is 16.4. The number of amides is 1. The normalized spacial score (nSPS) is 25.6. The third kappa shape index (κ3) is 3.33. The number of methoxy groups -OCH3 is 1. The van der Waals surface area contributed by atoms with Gasteiger partial charge in [-0.05, 0) is 31.4 Å². The monoisotopic (exact) mass is 322 g/mol. The van der Waals surface area contributed by atoms with Gasteiger partial charge in [0.25, 0.3) is 5.91 Å². The van der Waals surface area contributed by atoms with Crippen LogP contribution in [0, 0.1) is 5.82 Å². The number of nitrogens with zero attached hydrogens (tertiary/aromatic N) is 2. The van der Waals surface area contributed by atoms with Crippen molar-refractivity contribution in [3.05, 3.63) is 29.6 Å². The van der Waals surface area contributed by atoms with Crippen LogP contribution in [0.2, 0.25) is 0 Å². The maximum Gasteiger partial charge on any atom is 0.256 e. The first-order valence-corrected chi connectivity index (χ1v) is 8.15. The minimum Gasteiger partial charge on any atom is -0.497 e. The van der Waals surface area contributed by atoms with Crippen molar-refractivity contribution in [2.45, 2.75) is 31.4 Å². The van der Waals surface area contributed by atoms with Crippen LogP contribution in [0.25, 0.3) is 0 Å². The highest BCUT2D eigenvalue weighted by Gasteiger charge is 2.33. The van der Waals surface area contributed by atoms with Crippen molar-refractivity contribution in [1.29, 1.82) is 0 Å². The Bertz CT molecular complexity index is 573. The van der Waals surface area contributed by atoms with Gasteiger partial charge in [-0.15, -0.1) is 0 Å². The molecule has 1 heterocycles. The van der Waals surface area contributed by atoms with Crippen molar-refractivity contribution in [3.63, 3.8) is 0 Å². The molecule has 1 aromatic carbocycles. The standard InChI is InChI=1S/C17H23FN2O3/c1-23-12-5-6-13(14(18)11-12)17(22)20-9-7-19(8-10-20)15-3-2-4-16(15)21/h5-6,11,15-16,21H,2-4,7-10H2,1H3. The topological polar surface area (TPSA) is 53.0 Å². The van der Waals surface area contributed by atoms with Crippen LogP contribution in [-0.2, 0) is 0 Å². The summed E-state index contributed by atoms with van der Waals surface area (Å²) in [6.07, 6.45) is 2.68. The lowest BCUT2D eigenvalue weighted by Crippen LogP contribution is -2.53. The molecule has 1 N–H and O–H groups in total. The van der Waals surface area contributed by atoms with E-state index < -0.39 is 5.82 Å². The molecule has 1 aromatic rings. The van der Waals surface area contributed by atoms with Gasteiger partial charge >= 0.3 is 0 Å². The summed E-state index contributed by atoms with van der Waals surface area (Å²) in [5.74, 6) is -0.432. The minimum absolute atomic E-state index is 0.0835. The molecule has 2 fully saturated rings. The van der Waals surface area contributed by atoms with E-state index in [-0.39, 0.29) is 23.6 Å². The minimum atomic E-state index is -0.553. The molecule has 0 radical (unpaired) electrons. The fourth-order valence-corrected chi connectivity index (χ4v) is 3.57. The molecule has 1 saturated carbocycles. The molecule has 23 heavy (non-hydrogen) atoms. The number of halogens is 1. The van der Waals surface area contributed by atoms with Crippen molar-refractivity contribution < 1.29 is 19.0 Å². The van der Waals surface area contributed by atoms with Crippen molar-refractivity contribution >= 4 is 5.91 Å². The molecule has 2 atom stereocenters. The first-order chi connectivity index (χ1) is 11.1. The second kappa shape index (κ2) is 6.84. The van der Waals surface area contributed by atoms with Crippen LogP contribution in [0.4, 0.5) is 4.39 Å². The van der Waals surface area contributed by atoms with Gasteiger partial charge in [-0.3, -0.25) is 9.69 Å². The number of carbonyl (C=O) groups is 1. The summed E-state index contributed by atoms with van der Waals surface area (Å²) in [5.41, 5.74) is 0.0835. The largest absolute Gasteiger partial charge is 0.497 e. The second-order valence-corrected chi connectivity index (χ2v) is 6.24. The Morgan fingerprint density at radius 3 is 2.57 bits per heavy atom. The first kappa shape index (κ1) is 16.2. The zero-order valence-electron chi connectivity index (χ0n) is 13.4. The van der Waals surface area contributed by atoms with Crippen molar-refractivity contribution in [3.8, 4) is 5.75 Å². The Morgan fingerprint density at radius 2 is 2.00 bits per heavy atom. The van der Waals surface area contributed by atoms with Gasteiger partial charge in [-0.25, -0.2) is 4.39 Å². The van der Waals surface area contributed by atoms with Crippen molar-refractivity contribution in [1.82, 2.24) is 9.80 Å². The number of benzene rings is 1. The lowest BCUT2D eigenvalue weighted by atomic mass is 10.1. The number of ether oxygens (including phenoxy) is 1. The highest BCUT2D eigenvalue weighted by atomic mass is 19.1. The van der Waals surface area contributed by atoms with Gasteiger partial charge in [0.2, 0.25) is 0 Å². The molecule has 1 saturated heterocycles. The summed E-state index contributed by atoms with van der Waals surface area (Å²) < 4.78 is 19.0. The smallest absolute Gasteiger partial charge is 0.256 e. The van der Waals surface area contributed by atoms with Gasteiger partial charge in [0.15, 0.2) is 0 Å². The van der Waals surface area contributed by atoms with E-state index >= 15 is 0 Å². The maximum atomic E-state index is 14.0. The molecular formula is C17H23FN2O3. The van der Waals surface area contributed by atoms with Crippen LogP contribution in [0.5, 0.6) is 5.75 Å². The molecule has 2 unspecified atom stereocenters. The summed E-state index contributed by atoms with van der Waals surface area (Å²) >= 11 is 0. The van der Waals surface area contributed by atoms with Crippen LogP contribution < -0.4 is 4.74 Å². The number of aliphatic hydroxyl groups excluding tert-OH is 1. The van der Waals surface area contributed by atoms with Crippen molar-refractivity contribution in [2.24, 2.45) is 0 Å². The van der Waals surface area contributed by atoms with Crippen LogP contribution in [0.1, 0.15) is 29.6 Å². The van der Waals surface area contributed by atoms with E-state index in [9.17, 15) is 14.3 Å². The van der Waals surface area contributed by atoms with Crippen molar-refractivity contribution in [2.75, 3.05) is 33.3 Å². The molecule has 5 nitrogen and oxygen atoms in total. The highest BCUT2D eigenvalue weighted by molar-refractivity contribution is 5.94. The summed E-state index contributed by atoms with van der Waals surface area (Å²) in [5, 5.41) is 10.00. The average molecular weight is 322 g/mol. The summed E-state index contributed by atoms with van der Waals surface area (Å²) in [6.45, 7) is 2.58. The van der Waals surface area contributed by atoms with E-state index in [4.69, 9.17) is 4.74 Å². The lowest BCUT2D eigenvalue weighted by molar-refractivity contribution is 0.0313. The fourth-order valence-electron chi connectivity index (χ4n) is 3.57.